The zero-order valence-corrected chi connectivity index (χ0v) is 20.8. The Morgan fingerprint density at radius 2 is 1.71 bits per heavy atom. The van der Waals surface area contributed by atoms with Gasteiger partial charge in [-0.05, 0) is 56.5 Å². The number of nitrogens with zero attached hydrogens (tertiary/aromatic N) is 1. The van der Waals surface area contributed by atoms with Crippen molar-refractivity contribution in [3.05, 3.63) is 77.0 Å². The maximum absolute atomic E-state index is 14.3. The van der Waals surface area contributed by atoms with Crippen molar-refractivity contribution in [3.63, 3.8) is 0 Å². The number of primary amides is 1. The van der Waals surface area contributed by atoms with Crippen molar-refractivity contribution in [2.24, 2.45) is 5.73 Å². The summed E-state index contributed by atoms with van der Waals surface area (Å²) in [6.45, 7) is 1.84. The summed E-state index contributed by atoms with van der Waals surface area (Å²) in [6, 6.07) is 13.2. The number of benzene rings is 2. The van der Waals surface area contributed by atoms with Crippen molar-refractivity contribution < 1.29 is 37.3 Å². The van der Waals surface area contributed by atoms with Crippen LogP contribution in [-0.2, 0) is 5.60 Å². The van der Waals surface area contributed by atoms with Gasteiger partial charge in [0, 0.05) is 23.1 Å². The first kappa shape index (κ1) is 27.1. The van der Waals surface area contributed by atoms with Gasteiger partial charge in [-0.15, -0.1) is 0 Å². The molecule has 1 fully saturated rings. The SMILES string of the molecule is COc1cc(C(=O)CCC(O)(c2cc(C(N)=O)cc(-c3ccc(C)cc3)n2)C(F)(F)F)ccc1OC1CC1. The van der Waals surface area contributed by atoms with E-state index in [1.165, 1.54) is 31.4 Å². The summed E-state index contributed by atoms with van der Waals surface area (Å²) in [5, 5.41) is 11.0. The highest BCUT2D eigenvalue weighted by atomic mass is 19.4. The first-order valence-electron chi connectivity index (χ1n) is 12.0. The summed E-state index contributed by atoms with van der Waals surface area (Å²) in [4.78, 5) is 28.9. The molecule has 200 valence electrons. The summed E-state index contributed by atoms with van der Waals surface area (Å²) in [5.41, 5.74) is 2.25. The number of ether oxygens (including phenoxy) is 2. The molecule has 1 unspecified atom stereocenters. The smallest absolute Gasteiger partial charge is 0.422 e. The number of carbonyl (C=O) groups excluding carboxylic acids is 2. The Morgan fingerprint density at radius 1 is 1.03 bits per heavy atom. The number of halogens is 3. The monoisotopic (exact) mass is 528 g/mol. The molecule has 1 saturated carbocycles. The molecule has 1 heterocycles. The van der Waals surface area contributed by atoms with E-state index in [2.05, 4.69) is 4.98 Å². The van der Waals surface area contributed by atoms with E-state index in [0.717, 1.165) is 24.5 Å². The van der Waals surface area contributed by atoms with Crippen LogP contribution in [0.5, 0.6) is 11.5 Å². The molecule has 2 aromatic carbocycles. The van der Waals surface area contributed by atoms with Gasteiger partial charge < -0.3 is 20.3 Å². The van der Waals surface area contributed by atoms with Gasteiger partial charge in [0.2, 0.25) is 11.5 Å². The van der Waals surface area contributed by atoms with E-state index in [0.29, 0.717) is 11.3 Å². The number of rotatable bonds is 10. The summed E-state index contributed by atoms with van der Waals surface area (Å²) in [5.74, 6) is -0.904. The molecule has 0 spiro atoms. The van der Waals surface area contributed by atoms with E-state index in [9.17, 15) is 27.9 Å². The minimum absolute atomic E-state index is 0.0290. The second kappa shape index (κ2) is 10.4. The number of aryl methyl sites for hydroxylation is 1. The highest BCUT2D eigenvalue weighted by Gasteiger charge is 2.56. The molecule has 3 N–H and O–H groups in total. The molecule has 1 aliphatic carbocycles. The van der Waals surface area contributed by atoms with Crippen LogP contribution in [0.2, 0.25) is 0 Å². The van der Waals surface area contributed by atoms with Gasteiger partial charge in [0.15, 0.2) is 17.3 Å². The number of hydrogen-bond acceptors (Lipinski definition) is 6. The quantitative estimate of drug-likeness (QED) is 0.354. The molecular formula is C28H27F3N2O5. The van der Waals surface area contributed by atoms with Gasteiger partial charge in [0.1, 0.15) is 0 Å². The van der Waals surface area contributed by atoms with E-state index in [1.54, 1.807) is 24.3 Å². The minimum atomic E-state index is -5.21. The third kappa shape index (κ3) is 5.80. The van der Waals surface area contributed by atoms with Gasteiger partial charge in [-0.2, -0.15) is 13.2 Å². The molecule has 0 saturated heterocycles. The molecule has 0 aliphatic heterocycles. The van der Waals surface area contributed by atoms with Crippen molar-refractivity contribution in [1.82, 2.24) is 4.98 Å². The molecule has 4 rings (SSSR count). The predicted molar refractivity (Wildman–Crippen MR) is 133 cm³/mol. The minimum Gasteiger partial charge on any atom is -0.493 e. The topological polar surface area (TPSA) is 112 Å². The van der Waals surface area contributed by atoms with Crippen LogP contribution in [0.3, 0.4) is 0 Å². The summed E-state index contributed by atoms with van der Waals surface area (Å²) >= 11 is 0. The maximum Gasteiger partial charge on any atom is 0.422 e. The third-order valence-electron chi connectivity index (χ3n) is 6.37. The summed E-state index contributed by atoms with van der Waals surface area (Å²) in [7, 11) is 1.40. The van der Waals surface area contributed by atoms with Crippen molar-refractivity contribution in [2.75, 3.05) is 7.11 Å². The lowest BCUT2D eigenvalue weighted by molar-refractivity contribution is -0.270. The van der Waals surface area contributed by atoms with E-state index < -0.39 is 42.0 Å². The number of pyridine rings is 1. The molecule has 7 nitrogen and oxygen atoms in total. The number of amides is 1. The van der Waals surface area contributed by atoms with Gasteiger partial charge in [-0.3, -0.25) is 9.59 Å². The number of Topliss-reactive ketones (excluding diaryl/α,β-unsaturated/α-hetero) is 1. The van der Waals surface area contributed by atoms with Gasteiger partial charge >= 0.3 is 6.18 Å². The zero-order chi connectivity index (χ0) is 27.7. The van der Waals surface area contributed by atoms with Gasteiger partial charge in [0.25, 0.3) is 0 Å². The fraction of sp³-hybridized carbons (Fsp3) is 0.321. The van der Waals surface area contributed by atoms with E-state index in [4.69, 9.17) is 15.2 Å². The maximum atomic E-state index is 14.3. The van der Waals surface area contributed by atoms with Crippen LogP contribution in [0.1, 0.15) is 57.7 Å². The van der Waals surface area contributed by atoms with Crippen LogP contribution in [0.15, 0.2) is 54.6 Å². The molecule has 10 heteroatoms. The number of alkyl halides is 3. The molecule has 0 bridgehead atoms. The molecule has 1 aromatic heterocycles. The average molecular weight is 529 g/mol. The van der Waals surface area contributed by atoms with Gasteiger partial charge in [0.05, 0.1) is 24.6 Å². The van der Waals surface area contributed by atoms with Crippen LogP contribution >= 0.6 is 0 Å². The Morgan fingerprint density at radius 3 is 2.29 bits per heavy atom. The molecule has 38 heavy (non-hydrogen) atoms. The summed E-state index contributed by atoms with van der Waals surface area (Å²) < 4.78 is 53.9. The van der Waals surface area contributed by atoms with Crippen LogP contribution in [0.25, 0.3) is 11.3 Å². The first-order chi connectivity index (χ1) is 17.9. The second-order valence-corrected chi connectivity index (χ2v) is 9.32. The molecule has 1 amide bonds. The third-order valence-corrected chi connectivity index (χ3v) is 6.37. The van der Waals surface area contributed by atoms with Crippen molar-refractivity contribution in [1.29, 1.82) is 0 Å². The van der Waals surface area contributed by atoms with Crippen LogP contribution in [-0.4, -0.2) is 41.2 Å². The lowest BCUT2D eigenvalue weighted by Crippen LogP contribution is -2.43. The predicted octanol–water partition coefficient (Wildman–Crippen LogP) is 5.12. The standard InChI is InChI=1S/C28H27F3N2O5/c1-16-3-5-17(6-4-16)21-13-19(26(32)35)15-25(33-21)27(36,28(29,30)31)12-11-22(34)18-7-10-23(24(14-18)37-2)38-20-8-9-20/h3-7,10,13-15,20,36H,8-9,11-12H2,1-2H3,(H2,32,35). The fourth-order valence-corrected chi connectivity index (χ4v) is 3.91. The second-order valence-electron chi connectivity index (χ2n) is 9.32. The van der Waals surface area contributed by atoms with Crippen LogP contribution < -0.4 is 15.2 Å². The number of carbonyl (C=O) groups is 2. The van der Waals surface area contributed by atoms with Gasteiger partial charge in [-0.25, -0.2) is 4.98 Å². The normalized spacial score (nSPS) is 15.0. The number of hydrogen-bond donors (Lipinski definition) is 2. The zero-order valence-electron chi connectivity index (χ0n) is 20.8. The Bertz CT molecular complexity index is 1350. The molecule has 0 radical (unpaired) electrons. The van der Waals surface area contributed by atoms with E-state index >= 15 is 0 Å². The molecule has 1 atom stereocenters. The lowest BCUT2D eigenvalue weighted by atomic mass is 9.89. The van der Waals surface area contributed by atoms with Crippen molar-refractivity contribution in [2.45, 2.75) is 50.5 Å². The highest BCUT2D eigenvalue weighted by Crippen LogP contribution is 2.43. The lowest BCUT2D eigenvalue weighted by Gasteiger charge is -2.30. The van der Waals surface area contributed by atoms with Crippen LogP contribution in [0, 0.1) is 6.92 Å². The summed E-state index contributed by atoms with van der Waals surface area (Å²) in [6.07, 6.45) is -4.99. The van der Waals surface area contributed by atoms with Crippen molar-refractivity contribution >= 4 is 11.7 Å². The van der Waals surface area contributed by atoms with E-state index in [1.807, 2.05) is 6.92 Å². The highest BCUT2D eigenvalue weighted by molar-refractivity contribution is 5.97. The van der Waals surface area contributed by atoms with Crippen LogP contribution in [0.4, 0.5) is 13.2 Å². The average Bonchev–Trinajstić information content (AvgIpc) is 3.70. The largest absolute Gasteiger partial charge is 0.493 e. The molecule has 1 aliphatic rings. The number of aliphatic hydroxyl groups is 1. The van der Waals surface area contributed by atoms with E-state index in [-0.39, 0.29) is 28.7 Å². The molecule has 3 aromatic rings. The van der Waals surface area contributed by atoms with Crippen molar-refractivity contribution in [3.8, 4) is 22.8 Å². The number of aromatic nitrogens is 1. The Kier molecular flexibility index (Phi) is 7.46. The number of ketones is 1. The Balaban J connectivity index is 1.65. The van der Waals surface area contributed by atoms with Gasteiger partial charge in [-0.1, -0.05) is 29.8 Å². The number of methoxy groups -OCH3 is 1. The number of nitrogens with two attached hydrogens (primary N) is 1. The first-order valence-corrected chi connectivity index (χ1v) is 12.0. The Hall–Kier alpha value is -3.92. The fourth-order valence-electron chi connectivity index (χ4n) is 3.91. The molecular weight excluding hydrogens is 501 g/mol. The Labute approximate surface area is 217 Å².